The SMILES string of the molecule is COc1ccc(S(=O)(=O)N2CCC[C@@H]2c2nc3c(c(=O)[nH]2)CCN(C(C)C)C3)cc1C. The number of H-pyrrole nitrogens is 1. The summed E-state index contributed by atoms with van der Waals surface area (Å²) in [6.07, 6.45) is 2.01. The molecule has 1 aromatic carbocycles. The third kappa shape index (κ3) is 4.02. The van der Waals surface area contributed by atoms with Crippen LogP contribution in [0.25, 0.3) is 0 Å². The summed E-state index contributed by atoms with van der Waals surface area (Å²) in [7, 11) is -2.18. The van der Waals surface area contributed by atoms with E-state index in [0.29, 0.717) is 43.5 Å². The van der Waals surface area contributed by atoms with E-state index in [1.165, 1.54) is 4.31 Å². The monoisotopic (exact) mass is 446 g/mol. The summed E-state index contributed by atoms with van der Waals surface area (Å²) in [6.45, 7) is 7.91. The number of benzene rings is 1. The van der Waals surface area contributed by atoms with Crippen molar-refractivity contribution >= 4 is 10.0 Å². The first-order valence-corrected chi connectivity index (χ1v) is 12.2. The van der Waals surface area contributed by atoms with Gasteiger partial charge in [-0.25, -0.2) is 13.4 Å². The summed E-state index contributed by atoms with van der Waals surface area (Å²) < 4.78 is 33.6. The van der Waals surface area contributed by atoms with Crippen molar-refractivity contribution in [1.29, 1.82) is 0 Å². The van der Waals surface area contributed by atoms with Gasteiger partial charge in [0.05, 0.1) is 23.7 Å². The van der Waals surface area contributed by atoms with Crippen LogP contribution in [0.5, 0.6) is 5.75 Å². The molecule has 0 unspecified atom stereocenters. The van der Waals surface area contributed by atoms with E-state index in [1.54, 1.807) is 25.3 Å². The number of aromatic amines is 1. The van der Waals surface area contributed by atoms with Gasteiger partial charge in [-0.2, -0.15) is 4.31 Å². The maximum absolute atomic E-state index is 13.4. The third-order valence-electron chi connectivity index (χ3n) is 6.34. The minimum atomic E-state index is -3.74. The molecule has 31 heavy (non-hydrogen) atoms. The third-order valence-corrected chi connectivity index (χ3v) is 8.25. The molecule has 3 heterocycles. The number of sulfonamides is 1. The van der Waals surface area contributed by atoms with Crippen molar-refractivity contribution in [1.82, 2.24) is 19.2 Å². The highest BCUT2D eigenvalue weighted by Crippen LogP contribution is 2.36. The molecule has 168 valence electrons. The minimum absolute atomic E-state index is 0.145. The molecule has 1 aromatic heterocycles. The lowest BCUT2D eigenvalue weighted by molar-refractivity contribution is 0.198. The molecular formula is C22H30N4O4S. The number of hydrogen-bond acceptors (Lipinski definition) is 6. The number of nitrogens with one attached hydrogen (secondary N) is 1. The first kappa shape index (κ1) is 22.0. The Balaban J connectivity index is 1.69. The maximum Gasteiger partial charge on any atom is 0.254 e. The quantitative estimate of drug-likeness (QED) is 0.758. The highest BCUT2D eigenvalue weighted by atomic mass is 32.2. The van der Waals surface area contributed by atoms with Crippen molar-refractivity contribution in [3.63, 3.8) is 0 Å². The molecule has 9 heteroatoms. The Morgan fingerprint density at radius 1 is 1.26 bits per heavy atom. The Morgan fingerprint density at radius 3 is 2.71 bits per heavy atom. The van der Waals surface area contributed by atoms with Gasteiger partial charge in [0, 0.05) is 31.2 Å². The molecule has 8 nitrogen and oxygen atoms in total. The summed E-state index contributed by atoms with van der Waals surface area (Å²) in [6, 6.07) is 4.76. The van der Waals surface area contributed by atoms with Gasteiger partial charge in [0.2, 0.25) is 10.0 Å². The topological polar surface area (TPSA) is 95.6 Å². The molecular weight excluding hydrogens is 416 g/mol. The normalized spacial score (nSPS) is 20.2. The van der Waals surface area contributed by atoms with Gasteiger partial charge in [-0.05, 0) is 63.8 Å². The second kappa shape index (κ2) is 8.37. The van der Waals surface area contributed by atoms with Gasteiger partial charge in [0.25, 0.3) is 5.56 Å². The number of fused-ring (bicyclic) bond motifs is 1. The maximum atomic E-state index is 13.4. The molecule has 0 radical (unpaired) electrons. The van der Waals surface area contributed by atoms with Gasteiger partial charge in [0.1, 0.15) is 11.6 Å². The lowest BCUT2D eigenvalue weighted by Crippen LogP contribution is -2.40. The van der Waals surface area contributed by atoms with Crippen molar-refractivity contribution in [2.75, 3.05) is 20.2 Å². The van der Waals surface area contributed by atoms with Crippen LogP contribution in [0.4, 0.5) is 0 Å². The second-order valence-electron chi connectivity index (χ2n) is 8.60. The van der Waals surface area contributed by atoms with Gasteiger partial charge >= 0.3 is 0 Å². The van der Waals surface area contributed by atoms with Crippen LogP contribution < -0.4 is 10.3 Å². The standard InChI is InChI=1S/C22H30N4O4S/c1-14(2)25-11-9-17-18(13-25)23-21(24-22(17)27)19-6-5-10-26(19)31(28,29)16-7-8-20(30-4)15(3)12-16/h7-8,12,14,19H,5-6,9-11,13H2,1-4H3,(H,23,24,27)/t19-/m1/s1. The average molecular weight is 447 g/mol. The van der Waals surface area contributed by atoms with Gasteiger partial charge in [-0.1, -0.05) is 0 Å². The van der Waals surface area contributed by atoms with Gasteiger partial charge in [-0.3, -0.25) is 9.69 Å². The second-order valence-corrected chi connectivity index (χ2v) is 10.5. The predicted molar refractivity (Wildman–Crippen MR) is 118 cm³/mol. The molecule has 1 fully saturated rings. The molecule has 2 aromatic rings. The molecule has 0 amide bonds. The van der Waals surface area contributed by atoms with E-state index < -0.39 is 16.1 Å². The molecule has 2 aliphatic heterocycles. The van der Waals surface area contributed by atoms with Crippen molar-refractivity contribution in [3.05, 3.63) is 51.2 Å². The smallest absolute Gasteiger partial charge is 0.254 e. The summed E-state index contributed by atoms with van der Waals surface area (Å²) in [4.78, 5) is 22.9. The number of rotatable bonds is 5. The first-order chi connectivity index (χ1) is 14.7. The number of ether oxygens (including phenoxy) is 1. The summed E-state index contributed by atoms with van der Waals surface area (Å²) in [5.74, 6) is 1.09. The zero-order valence-electron chi connectivity index (χ0n) is 18.5. The van der Waals surface area contributed by atoms with E-state index in [0.717, 1.165) is 29.8 Å². The number of aryl methyl sites for hydroxylation is 1. The van der Waals surface area contributed by atoms with Gasteiger partial charge in [-0.15, -0.1) is 0 Å². The highest BCUT2D eigenvalue weighted by Gasteiger charge is 2.38. The fraction of sp³-hybridized carbons (Fsp3) is 0.545. The zero-order valence-corrected chi connectivity index (χ0v) is 19.3. The molecule has 0 bridgehead atoms. The van der Waals surface area contributed by atoms with Crippen LogP contribution in [0, 0.1) is 6.92 Å². The van der Waals surface area contributed by atoms with Gasteiger partial charge < -0.3 is 9.72 Å². The Labute approximate surface area is 183 Å². The molecule has 0 spiro atoms. The van der Waals surface area contributed by atoms with Crippen LogP contribution in [0.1, 0.15) is 55.4 Å². The molecule has 1 saturated heterocycles. The number of methoxy groups -OCH3 is 1. The Kier molecular flexibility index (Phi) is 5.93. The first-order valence-electron chi connectivity index (χ1n) is 10.7. The van der Waals surface area contributed by atoms with Crippen LogP contribution in [0.2, 0.25) is 0 Å². The van der Waals surface area contributed by atoms with E-state index in [1.807, 2.05) is 6.92 Å². The molecule has 1 atom stereocenters. The predicted octanol–water partition coefficient (Wildman–Crippen LogP) is 2.38. The molecule has 1 N–H and O–H groups in total. The number of nitrogens with zero attached hydrogens (tertiary/aromatic N) is 3. The van der Waals surface area contributed by atoms with Crippen LogP contribution in [0.15, 0.2) is 27.9 Å². The fourth-order valence-electron chi connectivity index (χ4n) is 4.53. The minimum Gasteiger partial charge on any atom is -0.496 e. The summed E-state index contributed by atoms with van der Waals surface area (Å²) >= 11 is 0. The summed E-state index contributed by atoms with van der Waals surface area (Å²) in [5.41, 5.74) is 2.10. The lowest BCUT2D eigenvalue weighted by atomic mass is 10.0. The van der Waals surface area contributed by atoms with Crippen LogP contribution in [-0.2, 0) is 23.0 Å². The zero-order chi connectivity index (χ0) is 22.3. The van der Waals surface area contributed by atoms with Crippen LogP contribution in [0.3, 0.4) is 0 Å². The Hall–Kier alpha value is -2.23. The van der Waals surface area contributed by atoms with Gasteiger partial charge in [0.15, 0.2) is 0 Å². The van der Waals surface area contributed by atoms with E-state index in [4.69, 9.17) is 9.72 Å². The van der Waals surface area contributed by atoms with Crippen molar-refractivity contribution < 1.29 is 13.2 Å². The molecule has 0 saturated carbocycles. The van der Waals surface area contributed by atoms with E-state index >= 15 is 0 Å². The van der Waals surface area contributed by atoms with Crippen LogP contribution >= 0.6 is 0 Å². The largest absolute Gasteiger partial charge is 0.496 e. The van der Waals surface area contributed by atoms with Crippen molar-refractivity contribution in [3.8, 4) is 5.75 Å². The Morgan fingerprint density at radius 2 is 2.03 bits per heavy atom. The Bertz CT molecular complexity index is 1140. The fourth-order valence-corrected chi connectivity index (χ4v) is 6.27. The van der Waals surface area contributed by atoms with Crippen LogP contribution in [-0.4, -0.2) is 53.8 Å². The van der Waals surface area contributed by atoms with E-state index in [9.17, 15) is 13.2 Å². The molecule has 0 aliphatic carbocycles. The number of hydrogen-bond donors (Lipinski definition) is 1. The van der Waals surface area contributed by atoms with Crippen molar-refractivity contribution in [2.45, 2.75) is 63.6 Å². The highest BCUT2D eigenvalue weighted by molar-refractivity contribution is 7.89. The van der Waals surface area contributed by atoms with E-state index in [-0.39, 0.29) is 10.5 Å². The lowest BCUT2D eigenvalue weighted by Gasteiger charge is -2.31. The average Bonchev–Trinajstić information content (AvgIpc) is 3.24. The molecule has 4 rings (SSSR count). The summed E-state index contributed by atoms with van der Waals surface area (Å²) in [5, 5.41) is 0. The van der Waals surface area contributed by atoms with E-state index in [2.05, 4.69) is 23.7 Å². The molecule has 2 aliphatic rings. The number of aromatic nitrogens is 2. The van der Waals surface area contributed by atoms with Crippen molar-refractivity contribution in [2.24, 2.45) is 0 Å².